The molecule has 1 unspecified atom stereocenters. The highest BCUT2D eigenvalue weighted by molar-refractivity contribution is 5.98. The van der Waals surface area contributed by atoms with Crippen LogP contribution >= 0.6 is 0 Å². The molecule has 1 fully saturated rings. The van der Waals surface area contributed by atoms with Gasteiger partial charge in [0.05, 0.1) is 6.54 Å². The second-order valence-electron chi connectivity index (χ2n) is 7.27. The number of rotatable bonds is 7. The first-order valence-corrected chi connectivity index (χ1v) is 10.0. The molecule has 1 aliphatic heterocycles. The third-order valence-electron chi connectivity index (χ3n) is 4.99. The van der Waals surface area contributed by atoms with Crippen LogP contribution in [0.25, 0.3) is 0 Å². The number of nitrogens with zero attached hydrogens (tertiary/aromatic N) is 2. The van der Waals surface area contributed by atoms with Gasteiger partial charge in [-0.2, -0.15) is 5.10 Å². The number of hydrogen-bond acceptors (Lipinski definition) is 4. The van der Waals surface area contributed by atoms with Crippen LogP contribution in [0.5, 0.6) is 0 Å². The minimum absolute atomic E-state index is 0.166. The number of amides is 2. The molecule has 30 heavy (non-hydrogen) atoms. The van der Waals surface area contributed by atoms with Gasteiger partial charge in [0.2, 0.25) is 0 Å². The number of aromatic nitrogens is 2. The summed E-state index contributed by atoms with van der Waals surface area (Å²) >= 11 is 0. The lowest BCUT2D eigenvalue weighted by molar-refractivity contribution is -0.124. The predicted molar refractivity (Wildman–Crippen MR) is 113 cm³/mol. The summed E-state index contributed by atoms with van der Waals surface area (Å²) in [6.45, 7) is 1.75. The molecule has 3 aromatic rings. The van der Waals surface area contributed by atoms with Gasteiger partial charge in [0.1, 0.15) is 6.10 Å². The Labute approximate surface area is 175 Å². The van der Waals surface area contributed by atoms with Gasteiger partial charge in [0.15, 0.2) is 0 Å². The molecule has 1 saturated heterocycles. The highest BCUT2D eigenvalue weighted by atomic mass is 16.5. The van der Waals surface area contributed by atoms with Gasteiger partial charge in [-0.1, -0.05) is 30.3 Å². The number of anilines is 1. The van der Waals surface area contributed by atoms with E-state index in [2.05, 4.69) is 15.7 Å². The van der Waals surface area contributed by atoms with Crippen molar-refractivity contribution >= 4 is 17.5 Å². The topological polar surface area (TPSA) is 85.3 Å². The molecule has 7 nitrogen and oxygen atoms in total. The molecule has 0 bridgehead atoms. The van der Waals surface area contributed by atoms with E-state index in [9.17, 15) is 9.59 Å². The first-order chi connectivity index (χ1) is 14.7. The van der Waals surface area contributed by atoms with E-state index < -0.39 is 6.10 Å². The molecule has 7 heteroatoms. The first-order valence-electron chi connectivity index (χ1n) is 10.0. The van der Waals surface area contributed by atoms with Crippen LogP contribution < -0.4 is 10.6 Å². The van der Waals surface area contributed by atoms with Gasteiger partial charge in [-0.15, -0.1) is 0 Å². The number of nitrogens with one attached hydrogen (secondary N) is 2. The van der Waals surface area contributed by atoms with Crippen LogP contribution in [0.2, 0.25) is 0 Å². The Hall–Kier alpha value is -3.45. The summed E-state index contributed by atoms with van der Waals surface area (Å²) in [6.07, 6.45) is 4.90. The predicted octanol–water partition coefficient (Wildman–Crippen LogP) is 2.98. The molecule has 4 rings (SSSR count). The lowest BCUT2D eigenvalue weighted by Gasteiger charge is -2.11. The van der Waals surface area contributed by atoms with Gasteiger partial charge in [-0.3, -0.25) is 14.3 Å². The van der Waals surface area contributed by atoms with Crippen LogP contribution in [0.3, 0.4) is 0 Å². The molecule has 2 N–H and O–H groups in total. The number of ether oxygens (including phenoxy) is 1. The summed E-state index contributed by atoms with van der Waals surface area (Å²) < 4.78 is 7.26. The average Bonchev–Trinajstić information content (AvgIpc) is 3.48. The van der Waals surface area contributed by atoms with Crippen molar-refractivity contribution in [3.05, 3.63) is 83.7 Å². The van der Waals surface area contributed by atoms with Crippen molar-refractivity contribution in [2.24, 2.45) is 0 Å². The lowest BCUT2D eigenvalue weighted by Crippen LogP contribution is -2.27. The van der Waals surface area contributed by atoms with Crippen molar-refractivity contribution < 1.29 is 14.3 Å². The van der Waals surface area contributed by atoms with E-state index in [1.807, 2.05) is 41.2 Å². The molecule has 2 heterocycles. The van der Waals surface area contributed by atoms with E-state index in [0.717, 1.165) is 24.0 Å². The zero-order valence-electron chi connectivity index (χ0n) is 16.6. The van der Waals surface area contributed by atoms with Crippen LogP contribution in [-0.2, 0) is 22.6 Å². The van der Waals surface area contributed by atoms with E-state index >= 15 is 0 Å². The second-order valence-corrected chi connectivity index (χ2v) is 7.27. The molecule has 1 aliphatic rings. The highest BCUT2D eigenvalue weighted by Gasteiger charge is 2.23. The summed E-state index contributed by atoms with van der Waals surface area (Å²) in [4.78, 5) is 24.7. The van der Waals surface area contributed by atoms with Crippen molar-refractivity contribution in [3.63, 3.8) is 0 Å². The Balaban J connectivity index is 1.31. The van der Waals surface area contributed by atoms with E-state index in [0.29, 0.717) is 30.9 Å². The maximum atomic E-state index is 12.5. The largest absolute Gasteiger partial charge is 0.368 e. The van der Waals surface area contributed by atoms with Crippen LogP contribution in [0.15, 0.2) is 67.0 Å². The summed E-state index contributed by atoms with van der Waals surface area (Å²) in [5.74, 6) is -0.357. The number of benzene rings is 2. The summed E-state index contributed by atoms with van der Waals surface area (Å²) in [5, 5.41) is 9.95. The van der Waals surface area contributed by atoms with Gasteiger partial charge < -0.3 is 15.4 Å². The summed E-state index contributed by atoms with van der Waals surface area (Å²) in [7, 11) is 0. The normalized spacial score (nSPS) is 15.7. The third kappa shape index (κ3) is 5.12. The minimum Gasteiger partial charge on any atom is -0.368 e. The highest BCUT2D eigenvalue weighted by Crippen LogP contribution is 2.16. The number of hydrogen-bond donors (Lipinski definition) is 2. The van der Waals surface area contributed by atoms with E-state index in [-0.39, 0.29) is 11.8 Å². The zero-order chi connectivity index (χ0) is 20.8. The molecule has 0 aliphatic carbocycles. The van der Waals surface area contributed by atoms with E-state index in [4.69, 9.17) is 4.74 Å². The first kappa shape index (κ1) is 19.8. The molecule has 0 radical (unpaired) electrons. The van der Waals surface area contributed by atoms with Crippen molar-refractivity contribution in [1.29, 1.82) is 0 Å². The maximum absolute atomic E-state index is 12.5. The monoisotopic (exact) mass is 404 g/mol. The van der Waals surface area contributed by atoms with E-state index in [1.165, 1.54) is 0 Å². The van der Waals surface area contributed by atoms with Crippen LogP contribution in [0.4, 0.5) is 5.69 Å². The fourth-order valence-corrected chi connectivity index (χ4v) is 3.37. The van der Waals surface area contributed by atoms with Gasteiger partial charge >= 0.3 is 0 Å². The molecule has 154 valence electrons. The minimum atomic E-state index is -0.404. The Morgan fingerprint density at radius 2 is 1.93 bits per heavy atom. The Morgan fingerprint density at radius 1 is 1.10 bits per heavy atom. The number of carbonyl (C=O) groups excluding carboxylic acids is 2. The van der Waals surface area contributed by atoms with E-state index in [1.54, 1.807) is 30.5 Å². The Morgan fingerprint density at radius 3 is 2.67 bits per heavy atom. The zero-order valence-corrected chi connectivity index (χ0v) is 16.6. The van der Waals surface area contributed by atoms with Crippen molar-refractivity contribution in [1.82, 2.24) is 15.1 Å². The third-order valence-corrected chi connectivity index (χ3v) is 4.99. The average molecular weight is 404 g/mol. The molecular weight excluding hydrogens is 380 g/mol. The molecule has 1 aromatic heterocycles. The summed E-state index contributed by atoms with van der Waals surface area (Å²) in [6, 6.07) is 16.9. The fourth-order valence-electron chi connectivity index (χ4n) is 3.37. The van der Waals surface area contributed by atoms with Gasteiger partial charge in [-0.25, -0.2) is 0 Å². The van der Waals surface area contributed by atoms with Crippen molar-refractivity contribution in [2.45, 2.75) is 32.0 Å². The van der Waals surface area contributed by atoms with Crippen LogP contribution in [0, 0.1) is 0 Å². The molecule has 2 amide bonds. The maximum Gasteiger partial charge on any atom is 0.253 e. The van der Waals surface area contributed by atoms with Gasteiger partial charge in [0.25, 0.3) is 11.8 Å². The Kier molecular flexibility index (Phi) is 6.20. The number of carbonyl (C=O) groups is 2. The second kappa shape index (κ2) is 9.37. The van der Waals surface area contributed by atoms with Crippen molar-refractivity contribution in [3.8, 4) is 0 Å². The van der Waals surface area contributed by atoms with Crippen LogP contribution in [0.1, 0.15) is 34.3 Å². The fraction of sp³-hybridized carbons (Fsp3) is 0.261. The van der Waals surface area contributed by atoms with Gasteiger partial charge in [0, 0.05) is 36.8 Å². The lowest BCUT2D eigenvalue weighted by atomic mass is 10.1. The van der Waals surface area contributed by atoms with Gasteiger partial charge in [-0.05, 0) is 48.2 Å². The smallest absolute Gasteiger partial charge is 0.253 e. The Bertz CT molecular complexity index is 994. The quantitative estimate of drug-likeness (QED) is 0.634. The molecule has 0 saturated carbocycles. The molecule has 0 spiro atoms. The standard InChI is InChI=1S/C23H24N4O3/c28-22(19-4-1-5-20(14-19)26-23(29)21-6-2-13-30-21)24-15-17-7-9-18(10-8-17)16-27-12-3-11-25-27/h1,3-5,7-12,14,21H,2,6,13,15-16H2,(H,24,28)(H,26,29). The summed E-state index contributed by atoms with van der Waals surface area (Å²) in [5.41, 5.74) is 3.24. The van der Waals surface area contributed by atoms with Crippen LogP contribution in [-0.4, -0.2) is 34.3 Å². The molecular formula is C23H24N4O3. The molecule has 2 aromatic carbocycles. The molecule has 1 atom stereocenters. The SMILES string of the molecule is O=C(NCc1ccc(Cn2cccn2)cc1)c1cccc(NC(=O)C2CCCO2)c1. The van der Waals surface area contributed by atoms with Crippen molar-refractivity contribution in [2.75, 3.05) is 11.9 Å².